The van der Waals surface area contributed by atoms with Crippen LogP contribution in [0.1, 0.15) is 41.7 Å². The van der Waals surface area contributed by atoms with E-state index in [1.54, 1.807) is 12.1 Å². The molecule has 0 saturated carbocycles. The summed E-state index contributed by atoms with van der Waals surface area (Å²) in [5, 5.41) is 19.3. The number of aliphatic hydroxyl groups excluding tert-OH is 1. The number of hydrogen-bond acceptors (Lipinski definition) is 3. The van der Waals surface area contributed by atoms with Gasteiger partial charge in [0.2, 0.25) is 0 Å². The van der Waals surface area contributed by atoms with Crippen molar-refractivity contribution in [2.24, 2.45) is 0 Å². The molecule has 1 fully saturated rings. The van der Waals surface area contributed by atoms with Crippen LogP contribution in [-0.4, -0.2) is 23.1 Å². The summed E-state index contributed by atoms with van der Waals surface area (Å²) in [6, 6.07) is 20.2. The Kier molecular flexibility index (Phi) is 4.53. The maximum absolute atomic E-state index is 10.5. The molecule has 1 aliphatic heterocycles. The molecule has 3 rings (SSSR count). The standard InChI is InChI=1S/C19H20N2O/c20-13-15-8-10-17(11-9-15)19(22)14-21-12-4-7-18(21)16-5-2-1-3-6-16/h1-3,5-6,8-11,18-19,22H,4,7,12,14H2. The molecule has 0 amide bonds. The Bertz CT molecular complexity index is 645. The number of β-amino-alcohol motifs (C(OH)–C–C–N with tert-alkyl or cyclic N) is 1. The van der Waals surface area contributed by atoms with E-state index < -0.39 is 6.10 Å². The van der Waals surface area contributed by atoms with E-state index in [9.17, 15) is 5.11 Å². The van der Waals surface area contributed by atoms with E-state index in [2.05, 4.69) is 35.2 Å². The van der Waals surface area contributed by atoms with Gasteiger partial charge in [-0.25, -0.2) is 0 Å². The van der Waals surface area contributed by atoms with Gasteiger partial charge >= 0.3 is 0 Å². The van der Waals surface area contributed by atoms with Crippen LogP contribution >= 0.6 is 0 Å². The van der Waals surface area contributed by atoms with Crippen molar-refractivity contribution in [3.05, 3.63) is 71.3 Å². The molecule has 1 aliphatic rings. The first-order valence-corrected chi connectivity index (χ1v) is 7.75. The second-order valence-corrected chi connectivity index (χ2v) is 5.81. The summed E-state index contributed by atoms with van der Waals surface area (Å²) < 4.78 is 0. The van der Waals surface area contributed by atoms with Crippen LogP contribution in [0.3, 0.4) is 0 Å². The van der Waals surface area contributed by atoms with Crippen molar-refractivity contribution in [1.29, 1.82) is 5.26 Å². The number of hydrogen-bond donors (Lipinski definition) is 1. The van der Waals surface area contributed by atoms with Gasteiger partial charge in [0.25, 0.3) is 0 Å². The fourth-order valence-electron chi connectivity index (χ4n) is 3.20. The minimum atomic E-state index is -0.517. The maximum Gasteiger partial charge on any atom is 0.0991 e. The number of benzene rings is 2. The van der Waals surface area contributed by atoms with Gasteiger partial charge in [0.05, 0.1) is 17.7 Å². The van der Waals surface area contributed by atoms with Crippen LogP contribution in [0, 0.1) is 11.3 Å². The Labute approximate surface area is 131 Å². The lowest BCUT2D eigenvalue weighted by atomic mass is 10.0. The molecule has 2 atom stereocenters. The Morgan fingerprint density at radius 2 is 1.86 bits per heavy atom. The van der Waals surface area contributed by atoms with Gasteiger partial charge in [-0.15, -0.1) is 0 Å². The molecule has 2 unspecified atom stereocenters. The molecule has 3 nitrogen and oxygen atoms in total. The van der Waals surface area contributed by atoms with E-state index in [1.807, 2.05) is 18.2 Å². The summed E-state index contributed by atoms with van der Waals surface area (Å²) in [4.78, 5) is 2.36. The van der Waals surface area contributed by atoms with Crippen LogP contribution in [0.2, 0.25) is 0 Å². The molecule has 0 aliphatic carbocycles. The van der Waals surface area contributed by atoms with Crippen molar-refractivity contribution < 1.29 is 5.11 Å². The maximum atomic E-state index is 10.5. The van der Waals surface area contributed by atoms with Gasteiger partial charge in [0, 0.05) is 12.6 Å². The second-order valence-electron chi connectivity index (χ2n) is 5.81. The van der Waals surface area contributed by atoms with E-state index in [0.29, 0.717) is 18.2 Å². The summed E-state index contributed by atoms with van der Waals surface area (Å²) >= 11 is 0. The van der Waals surface area contributed by atoms with Crippen LogP contribution < -0.4 is 0 Å². The van der Waals surface area contributed by atoms with Gasteiger partial charge in [-0.3, -0.25) is 4.90 Å². The van der Waals surface area contributed by atoms with E-state index in [4.69, 9.17) is 5.26 Å². The first-order valence-electron chi connectivity index (χ1n) is 7.75. The van der Waals surface area contributed by atoms with Crippen molar-refractivity contribution in [3.63, 3.8) is 0 Å². The zero-order valence-corrected chi connectivity index (χ0v) is 12.5. The zero-order valence-electron chi connectivity index (χ0n) is 12.5. The lowest BCUT2D eigenvalue weighted by molar-refractivity contribution is 0.106. The molecule has 2 aromatic rings. The smallest absolute Gasteiger partial charge is 0.0991 e. The van der Waals surface area contributed by atoms with Crippen molar-refractivity contribution in [2.75, 3.05) is 13.1 Å². The summed E-state index contributed by atoms with van der Waals surface area (Å²) in [5.74, 6) is 0. The SMILES string of the molecule is N#Cc1ccc(C(O)CN2CCCC2c2ccccc2)cc1. The predicted molar refractivity (Wildman–Crippen MR) is 86.1 cm³/mol. The lowest BCUT2D eigenvalue weighted by Gasteiger charge is -2.27. The van der Waals surface area contributed by atoms with Crippen LogP contribution in [-0.2, 0) is 0 Å². The molecule has 0 spiro atoms. The van der Waals surface area contributed by atoms with Crippen LogP contribution in [0.15, 0.2) is 54.6 Å². The lowest BCUT2D eigenvalue weighted by Crippen LogP contribution is -2.28. The highest BCUT2D eigenvalue weighted by Gasteiger charge is 2.27. The van der Waals surface area contributed by atoms with E-state index >= 15 is 0 Å². The fourth-order valence-corrected chi connectivity index (χ4v) is 3.20. The quantitative estimate of drug-likeness (QED) is 0.939. The van der Waals surface area contributed by atoms with E-state index in [0.717, 1.165) is 18.5 Å². The number of aliphatic hydroxyl groups is 1. The molecule has 1 heterocycles. The molecule has 112 valence electrons. The van der Waals surface area contributed by atoms with Crippen molar-refractivity contribution in [3.8, 4) is 6.07 Å². The van der Waals surface area contributed by atoms with Crippen LogP contribution in [0.5, 0.6) is 0 Å². The van der Waals surface area contributed by atoms with Crippen molar-refractivity contribution in [2.45, 2.75) is 25.0 Å². The highest BCUT2D eigenvalue weighted by Crippen LogP contribution is 2.33. The molecule has 0 aromatic heterocycles. The normalized spacial score (nSPS) is 19.7. The first-order chi connectivity index (χ1) is 10.8. The Morgan fingerprint density at radius 3 is 2.55 bits per heavy atom. The average molecular weight is 292 g/mol. The van der Waals surface area contributed by atoms with E-state index in [1.165, 1.54) is 12.0 Å². The van der Waals surface area contributed by atoms with Gasteiger partial charge in [0.1, 0.15) is 0 Å². The summed E-state index contributed by atoms with van der Waals surface area (Å²) in [5.41, 5.74) is 2.82. The van der Waals surface area contributed by atoms with Crippen molar-refractivity contribution in [1.82, 2.24) is 4.90 Å². The Morgan fingerprint density at radius 1 is 1.14 bits per heavy atom. The Hall–Kier alpha value is -2.15. The zero-order chi connectivity index (χ0) is 15.4. The third-order valence-corrected chi connectivity index (χ3v) is 4.38. The molecular formula is C19H20N2O. The van der Waals surface area contributed by atoms with Gasteiger partial charge < -0.3 is 5.11 Å². The van der Waals surface area contributed by atoms with Crippen LogP contribution in [0.25, 0.3) is 0 Å². The van der Waals surface area contributed by atoms with Crippen molar-refractivity contribution >= 4 is 0 Å². The monoisotopic (exact) mass is 292 g/mol. The van der Waals surface area contributed by atoms with Crippen LogP contribution in [0.4, 0.5) is 0 Å². The topological polar surface area (TPSA) is 47.3 Å². The number of nitriles is 1. The molecule has 1 saturated heterocycles. The summed E-state index contributed by atoms with van der Waals surface area (Å²) in [6.07, 6.45) is 1.79. The number of rotatable bonds is 4. The van der Waals surface area contributed by atoms with Gasteiger partial charge in [0.15, 0.2) is 0 Å². The third kappa shape index (κ3) is 3.19. The van der Waals surface area contributed by atoms with Gasteiger partial charge in [-0.2, -0.15) is 5.26 Å². The van der Waals surface area contributed by atoms with Gasteiger partial charge in [-0.05, 0) is 42.6 Å². The molecule has 2 aromatic carbocycles. The summed E-state index contributed by atoms with van der Waals surface area (Å²) in [7, 11) is 0. The molecular weight excluding hydrogens is 272 g/mol. The van der Waals surface area contributed by atoms with E-state index in [-0.39, 0.29) is 0 Å². The molecule has 22 heavy (non-hydrogen) atoms. The highest BCUT2D eigenvalue weighted by atomic mass is 16.3. The van der Waals surface area contributed by atoms with Gasteiger partial charge in [-0.1, -0.05) is 42.5 Å². The minimum Gasteiger partial charge on any atom is -0.387 e. The Balaban J connectivity index is 1.70. The number of nitrogens with zero attached hydrogens (tertiary/aromatic N) is 2. The predicted octanol–water partition coefficient (Wildman–Crippen LogP) is 3.43. The second kappa shape index (κ2) is 6.74. The summed E-state index contributed by atoms with van der Waals surface area (Å²) in [6.45, 7) is 1.65. The largest absolute Gasteiger partial charge is 0.387 e. The molecule has 0 radical (unpaired) electrons. The molecule has 0 bridgehead atoms. The number of likely N-dealkylation sites (tertiary alicyclic amines) is 1. The third-order valence-electron chi connectivity index (χ3n) is 4.38. The first kappa shape index (κ1) is 14.8. The molecule has 1 N–H and O–H groups in total. The molecule has 3 heteroatoms. The average Bonchev–Trinajstić information content (AvgIpc) is 3.04. The minimum absolute atomic E-state index is 0.397. The fraction of sp³-hybridized carbons (Fsp3) is 0.316. The highest BCUT2D eigenvalue weighted by molar-refractivity contribution is 5.32.